The molecule has 0 amide bonds. The van der Waals surface area contributed by atoms with Crippen LogP contribution in [0.15, 0.2) is 10.5 Å². The molecular weight excluding hydrogens is 379 g/mol. The Hall–Kier alpha value is -2.10. The van der Waals surface area contributed by atoms with Gasteiger partial charge in [-0.1, -0.05) is 0 Å². The first kappa shape index (κ1) is 17.3. The standard InChI is InChI=1S/C13H13BrF3N5O/c1-13(2,17)10-20-11(18)22-12(21-10)19-8-7(16)6(15)4-5(14)9(8)23-3/h4H,1-3H3,(H3,18,19,20,21,22). The van der Waals surface area contributed by atoms with E-state index in [0.29, 0.717) is 0 Å². The van der Waals surface area contributed by atoms with E-state index in [9.17, 15) is 13.2 Å². The Morgan fingerprint density at radius 3 is 2.48 bits per heavy atom. The Morgan fingerprint density at radius 2 is 1.91 bits per heavy atom. The fourth-order valence-corrected chi connectivity index (χ4v) is 2.28. The molecular formula is C13H13BrF3N5O. The number of ether oxygens (including phenoxy) is 1. The molecule has 0 fully saturated rings. The third-order valence-electron chi connectivity index (χ3n) is 2.75. The van der Waals surface area contributed by atoms with Crippen molar-refractivity contribution >= 4 is 33.5 Å². The fourth-order valence-electron chi connectivity index (χ4n) is 1.72. The number of nitrogen functional groups attached to an aromatic ring is 1. The quantitative estimate of drug-likeness (QED) is 0.776. The second-order valence-corrected chi connectivity index (χ2v) is 5.86. The Balaban J connectivity index is 2.54. The molecule has 0 aliphatic rings. The number of nitrogens with two attached hydrogens (primary N) is 1. The predicted octanol–water partition coefficient (Wildman–Crippen LogP) is 3.45. The summed E-state index contributed by atoms with van der Waals surface area (Å²) < 4.78 is 46.8. The number of methoxy groups -OCH3 is 1. The molecule has 0 aliphatic heterocycles. The van der Waals surface area contributed by atoms with E-state index < -0.39 is 17.3 Å². The van der Waals surface area contributed by atoms with Crippen LogP contribution in [0.4, 0.5) is 30.8 Å². The van der Waals surface area contributed by atoms with Gasteiger partial charge in [0.2, 0.25) is 11.9 Å². The van der Waals surface area contributed by atoms with Gasteiger partial charge in [-0.05, 0) is 35.8 Å². The summed E-state index contributed by atoms with van der Waals surface area (Å²) >= 11 is 3.06. The molecule has 0 saturated carbocycles. The van der Waals surface area contributed by atoms with E-state index in [1.165, 1.54) is 21.0 Å². The Morgan fingerprint density at radius 1 is 1.26 bits per heavy atom. The Labute approximate surface area is 138 Å². The molecule has 0 spiro atoms. The number of alkyl halides is 1. The largest absolute Gasteiger partial charge is 0.493 e. The SMILES string of the molecule is COc1c(Br)cc(F)c(F)c1Nc1nc(N)nc(C(C)(C)F)n1. The van der Waals surface area contributed by atoms with Crippen molar-refractivity contribution in [3.05, 3.63) is 28.0 Å². The van der Waals surface area contributed by atoms with Crippen LogP contribution in [-0.4, -0.2) is 22.1 Å². The average Bonchev–Trinajstić information content (AvgIpc) is 2.43. The van der Waals surface area contributed by atoms with Crippen molar-refractivity contribution in [1.82, 2.24) is 15.0 Å². The average molecular weight is 392 g/mol. The van der Waals surface area contributed by atoms with Crippen molar-refractivity contribution in [2.45, 2.75) is 19.5 Å². The molecule has 1 aromatic heterocycles. The molecule has 0 atom stereocenters. The number of nitrogens with zero attached hydrogens (tertiary/aromatic N) is 3. The maximum atomic E-state index is 14.0. The minimum atomic E-state index is -1.89. The molecule has 1 heterocycles. The van der Waals surface area contributed by atoms with E-state index in [0.717, 1.165) is 6.07 Å². The number of halogens is 4. The van der Waals surface area contributed by atoms with Crippen molar-refractivity contribution in [3.8, 4) is 5.75 Å². The Bertz CT molecular complexity index is 751. The zero-order chi connectivity index (χ0) is 17.4. The third kappa shape index (κ3) is 3.63. The van der Waals surface area contributed by atoms with Gasteiger partial charge >= 0.3 is 0 Å². The molecule has 2 aromatic rings. The van der Waals surface area contributed by atoms with Gasteiger partial charge in [0.25, 0.3) is 0 Å². The lowest BCUT2D eigenvalue weighted by Gasteiger charge is -2.16. The van der Waals surface area contributed by atoms with E-state index >= 15 is 0 Å². The summed E-state index contributed by atoms with van der Waals surface area (Å²) in [6.45, 7) is 2.46. The highest BCUT2D eigenvalue weighted by Crippen LogP contribution is 2.38. The molecule has 1 aromatic carbocycles. The van der Waals surface area contributed by atoms with Gasteiger partial charge in [0, 0.05) is 0 Å². The van der Waals surface area contributed by atoms with E-state index in [-0.39, 0.29) is 33.6 Å². The van der Waals surface area contributed by atoms with Crippen molar-refractivity contribution in [1.29, 1.82) is 0 Å². The highest BCUT2D eigenvalue weighted by Gasteiger charge is 2.25. The smallest absolute Gasteiger partial charge is 0.232 e. The van der Waals surface area contributed by atoms with Gasteiger partial charge < -0.3 is 15.8 Å². The normalized spacial score (nSPS) is 11.4. The third-order valence-corrected chi connectivity index (χ3v) is 3.34. The molecule has 0 unspecified atom stereocenters. The summed E-state index contributed by atoms with van der Waals surface area (Å²) in [4.78, 5) is 11.2. The second kappa shape index (κ2) is 6.19. The first-order valence-corrected chi connectivity index (χ1v) is 7.12. The van der Waals surface area contributed by atoms with Gasteiger partial charge in [-0.25, -0.2) is 13.2 Å². The van der Waals surface area contributed by atoms with E-state index in [2.05, 4.69) is 36.2 Å². The minimum Gasteiger partial charge on any atom is -0.493 e. The zero-order valence-electron chi connectivity index (χ0n) is 12.4. The lowest BCUT2D eigenvalue weighted by molar-refractivity contribution is 0.206. The van der Waals surface area contributed by atoms with Crippen molar-refractivity contribution in [3.63, 3.8) is 0 Å². The summed E-state index contributed by atoms with van der Waals surface area (Å²) in [5.41, 5.74) is 3.26. The highest BCUT2D eigenvalue weighted by molar-refractivity contribution is 9.10. The molecule has 0 bridgehead atoms. The van der Waals surface area contributed by atoms with Gasteiger partial charge in [0.1, 0.15) is 5.69 Å². The first-order chi connectivity index (χ1) is 10.6. The molecule has 0 radical (unpaired) electrons. The van der Waals surface area contributed by atoms with Crippen molar-refractivity contribution in [2.75, 3.05) is 18.2 Å². The minimum absolute atomic E-state index is 0.0102. The topological polar surface area (TPSA) is 86.0 Å². The fraction of sp³-hybridized carbons (Fsp3) is 0.308. The number of hydrogen-bond donors (Lipinski definition) is 2. The molecule has 3 N–H and O–H groups in total. The molecule has 6 nitrogen and oxygen atoms in total. The number of rotatable bonds is 4. The van der Waals surface area contributed by atoms with Gasteiger partial charge in [0.05, 0.1) is 11.6 Å². The summed E-state index contributed by atoms with van der Waals surface area (Å²) in [5, 5.41) is 2.45. The van der Waals surface area contributed by atoms with Gasteiger partial charge in [-0.15, -0.1) is 0 Å². The Kier molecular flexibility index (Phi) is 4.64. The number of benzene rings is 1. The summed E-state index contributed by atoms with van der Waals surface area (Å²) in [7, 11) is 1.28. The van der Waals surface area contributed by atoms with Crippen molar-refractivity contribution in [2.24, 2.45) is 0 Å². The van der Waals surface area contributed by atoms with Crippen LogP contribution in [0, 0.1) is 11.6 Å². The highest BCUT2D eigenvalue weighted by atomic mass is 79.9. The molecule has 0 aliphatic carbocycles. The van der Waals surface area contributed by atoms with Gasteiger partial charge in [-0.2, -0.15) is 15.0 Å². The first-order valence-electron chi connectivity index (χ1n) is 6.33. The van der Waals surface area contributed by atoms with Gasteiger partial charge in [0.15, 0.2) is 28.9 Å². The molecule has 124 valence electrons. The number of aromatic nitrogens is 3. The molecule has 23 heavy (non-hydrogen) atoms. The van der Waals surface area contributed by atoms with Crippen LogP contribution in [0.2, 0.25) is 0 Å². The lowest BCUT2D eigenvalue weighted by Crippen LogP contribution is -2.18. The van der Waals surface area contributed by atoms with Gasteiger partial charge in [-0.3, -0.25) is 0 Å². The van der Waals surface area contributed by atoms with Crippen LogP contribution >= 0.6 is 15.9 Å². The van der Waals surface area contributed by atoms with Crippen LogP contribution in [0.25, 0.3) is 0 Å². The maximum absolute atomic E-state index is 14.0. The van der Waals surface area contributed by atoms with Crippen LogP contribution in [0.5, 0.6) is 5.75 Å². The summed E-state index contributed by atoms with van der Waals surface area (Å²) in [6.07, 6.45) is 0. The summed E-state index contributed by atoms with van der Waals surface area (Å²) in [6, 6.07) is 0.914. The summed E-state index contributed by atoms with van der Waals surface area (Å²) in [5.74, 6) is -3.09. The molecule has 2 rings (SSSR count). The van der Waals surface area contributed by atoms with Crippen LogP contribution in [0.1, 0.15) is 19.7 Å². The van der Waals surface area contributed by atoms with E-state index in [4.69, 9.17) is 10.5 Å². The van der Waals surface area contributed by atoms with Crippen LogP contribution in [-0.2, 0) is 5.67 Å². The monoisotopic (exact) mass is 391 g/mol. The zero-order valence-corrected chi connectivity index (χ0v) is 14.0. The maximum Gasteiger partial charge on any atom is 0.232 e. The van der Waals surface area contributed by atoms with Crippen LogP contribution < -0.4 is 15.8 Å². The predicted molar refractivity (Wildman–Crippen MR) is 82.3 cm³/mol. The van der Waals surface area contributed by atoms with E-state index in [1.807, 2.05) is 0 Å². The number of anilines is 3. The molecule has 0 saturated heterocycles. The van der Waals surface area contributed by atoms with Crippen LogP contribution in [0.3, 0.4) is 0 Å². The number of hydrogen-bond acceptors (Lipinski definition) is 6. The number of nitrogens with one attached hydrogen (secondary N) is 1. The molecule has 10 heteroatoms. The lowest BCUT2D eigenvalue weighted by atomic mass is 10.1. The van der Waals surface area contributed by atoms with Crippen molar-refractivity contribution < 1.29 is 17.9 Å². The van der Waals surface area contributed by atoms with E-state index in [1.54, 1.807) is 0 Å². The second-order valence-electron chi connectivity index (χ2n) is 5.00.